The van der Waals surface area contributed by atoms with E-state index in [4.69, 9.17) is 18.9 Å². The molecule has 0 atom stereocenters. The lowest BCUT2D eigenvalue weighted by atomic mass is 9.94. The largest absolute Gasteiger partial charge is 0.493 e. The van der Waals surface area contributed by atoms with E-state index in [0.717, 1.165) is 12.8 Å². The average molecular weight is 463 g/mol. The third-order valence-corrected chi connectivity index (χ3v) is 5.83. The van der Waals surface area contributed by atoms with Crippen LogP contribution in [0.1, 0.15) is 50.2 Å². The number of aliphatic carboxylic acids is 1. The summed E-state index contributed by atoms with van der Waals surface area (Å²) in [6.07, 6.45) is 1.10. The Kier molecular flexibility index (Phi) is 7.09. The van der Waals surface area contributed by atoms with Crippen LogP contribution in [0.15, 0.2) is 30.5 Å². The van der Waals surface area contributed by atoms with E-state index in [1.807, 2.05) is 0 Å². The first-order chi connectivity index (χ1) is 15.9. The Morgan fingerprint density at radius 3 is 2.67 bits per heavy atom. The molecule has 9 heteroatoms. The Morgan fingerprint density at radius 2 is 2.03 bits per heavy atom. The minimum atomic E-state index is -2.76. The van der Waals surface area contributed by atoms with Gasteiger partial charge in [0.25, 0.3) is 6.43 Å². The van der Waals surface area contributed by atoms with Gasteiger partial charge in [-0.05, 0) is 37.0 Å². The van der Waals surface area contributed by atoms with Crippen LogP contribution in [0.4, 0.5) is 8.78 Å². The summed E-state index contributed by atoms with van der Waals surface area (Å²) in [5.41, 5.74) is -0.298. The maximum absolute atomic E-state index is 14.0. The number of hydrogen-bond donors (Lipinski definition) is 1. The average Bonchev–Trinajstić information content (AvgIpc) is 3.63. The van der Waals surface area contributed by atoms with Crippen LogP contribution in [-0.2, 0) is 20.9 Å². The van der Waals surface area contributed by atoms with E-state index in [1.54, 1.807) is 25.1 Å². The van der Waals surface area contributed by atoms with Crippen LogP contribution in [0, 0.1) is 0 Å². The van der Waals surface area contributed by atoms with E-state index in [-0.39, 0.29) is 62.6 Å². The molecule has 0 spiro atoms. The highest BCUT2D eigenvalue weighted by Gasteiger charge is 2.43. The molecular formula is C24H27F2NO6. The second-order valence-electron chi connectivity index (χ2n) is 8.16. The Balaban J connectivity index is 1.73. The molecule has 1 N–H and O–H groups in total. The number of nitrogens with zero attached hydrogens (tertiary/aromatic N) is 1. The minimum absolute atomic E-state index is 0.108. The zero-order chi connectivity index (χ0) is 23.4. The van der Waals surface area contributed by atoms with Gasteiger partial charge < -0.3 is 24.1 Å². The number of carboxylic acids is 1. The van der Waals surface area contributed by atoms with Crippen molar-refractivity contribution < 1.29 is 37.6 Å². The Morgan fingerprint density at radius 1 is 1.27 bits per heavy atom. The van der Waals surface area contributed by atoms with Crippen molar-refractivity contribution in [3.63, 3.8) is 0 Å². The van der Waals surface area contributed by atoms with Crippen molar-refractivity contribution in [2.24, 2.45) is 0 Å². The molecule has 1 aromatic carbocycles. The summed E-state index contributed by atoms with van der Waals surface area (Å²) >= 11 is 0. The minimum Gasteiger partial charge on any atom is -0.493 e. The lowest BCUT2D eigenvalue weighted by Gasteiger charge is -2.33. The van der Waals surface area contributed by atoms with Gasteiger partial charge in [-0.25, -0.2) is 18.6 Å². The monoisotopic (exact) mass is 463 g/mol. The highest BCUT2D eigenvalue weighted by Crippen LogP contribution is 2.40. The lowest BCUT2D eigenvalue weighted by Crippen LogP contribution is -2.49. The molecule has 0 bridgehead atoms. The molecule has 4 rings (SSSR count). The highest BCUT2D eigenvalue weighted by molar-refractivity contribution is 5.78. The predicted octanol–water partition coefficient (Wildman–Crippen LogP) is 4.78. The molecule has 1 saturated heterocycles. The van der Waals surface area contributed by atoms with Crippen molar-refractivity contribution >= 4 is 5.97 Å². The molecular weight excluding hydrogens is 436 g/mol. The Hall–Kier alpha value is -2.78. The number of ether oxygens (including phenoxy) is 4. The van der Waals surface area contributed by atoms with Gasteiger partial charge in [-0.3, -0.25) is 0 Å². The van der Waals surface area contributed by atoms with Crippen molar-refractivity contribution in [3.8, 4) is 22.8 Å². The first-order valence-electron chi connectivity index (χ1n) is 11.1. The third kappa shape index (κ3) is 5.25. The summed E-state index contributed by atoms with van der Waals surface area (Å²) in [5, 5.41) is 9.78. The highest BCUT2D eigenvalue weighted by atomic mass is 19.3. The lowest BCUT2D eigenvalue weighted by molar-refractivity contribution is -0.164. The Labute approximate surface area is 190 Å². The van der Waals surface area contributed by atoms with E-state index >= 15 is 0 Å². The van der Waals surface area contributed by atoms with Gasteiger partial charge in [0.1, 0.15) is 5.75 Å². The smallest absolute Gasteiger partial charge is 0.348 e. The topological polar surface area (TPSA) is 87.1 Å². The van der Waals surface area contributed by atoms with Crippen molar-refractivity contribution in [2.45, 2.75) is 57.3 Å². The molecule has 2 heterocycles. The van der Waals surface area contributed by atoms with E-state index in [9.17, 15) is 18.7 Å². The van der Waals surface area contributed by atoms with Gasteiger partial charge in [-0.2, -0.15) is 0 Å². The molecule has 7 nitrogen and oxygen atoms in total. The van der Waals surface area contributed by atoms with Crippen molar-refractivity contribution in [2.75, 3.05) is 19.8 Å². The van der Waals surface area contributed by atoms with E-state index in [2.05, 4.69) is 4.98 Å². The third-order valence-electron chi connectivity index (χ3n) is 5.83. The molecule has 1 aromatic heterocycles. The summed E-state index contributed by atoms with van der Waals surface area (Å²) in [4.78, 5) is 16.3. The summed E-state index contributed by atoms with van der Waals surface area (Å²) in [6.45, 7) is 2.70. The summed E-state index contributed by atoms with van der Waals surface area (Å²) < 4.78 is 50.6. The summed E-state index contributed by atoms with van der Waals surface area (Å²) in [7, 11) is 0. The van der Waals surface area contributed by atoms with Crippen molar-refractivity contribution in [1.82, 2.24) is 4.98 Å². The number of benzene rings is 1. The molecule has 0 amide bonds. The standard InChI is InChI=1S/C24H27F2NO6/c1-2-31-19-5-3-4-17(21(19)22(25)26)18-13-27-20(12-15(18)14-32-16-6-7-16)33-24(23(28)29)8-10-30-11-9-24/h3-5,12-13,16,22H,2,6-11,14H2,1H3,(H,28,29). The second kappa shape index (κ2) is 10.0. The summed E-state index contributed by atoms with van der Waals surface area (Å²) in [6, 6.07) is 6.35. The van der Waals surface area contributed by atoms with E-state index in [1.165, 1.54) is 12.3 Å². The molecule has 2 fully saturated rings. The van der Waals surface area contributed by atoms with Gasteiger partial charge in [0.15, 0.2) is 0 Å². The first kappa shape index (κ1) is 23.4. The molecule has 1 aliphatic carbocycles. The molecule has 0 radical (unpaired) electrons. The van der Waals surface area contributed by atoms with Gasteiger partial charge in [0, 0.05) is 30.7 Å². The number of pyridine rings is 1. The second-order valence-corrected chi connectivity index (χ2v) is 8.16. The molecule has 2 aliphatic rings. The van der Waals surface area contributed by atoms with Gasteiger partial charge in [-0.1, -0.05) is 12.1 Å². The fourth-order valence-electron chi connectivity index (χ4n) is 3.88. The van der Waals surface area contributed by atoms with Gasteiger partial charge in [-0.15, -0.1) is 0 Å². The maximum atomic E-state index is 14.0. The molecule has 0 unspecified atom stereocenters. The molecule has 178 valence electrons. The number of aromatic nitrogens is 1. The van der Waals surface area contributed by atoms with E-state index < -0.39 is 18.0 Å². The van der Waals surface area contributed by atoms with Gasteiger partial charge in [0.05, 0.1) is 38.1 Å². The van der Waals surface area contributed by atoms with Crippen molar-refractivity contribution in [3.05, 3.63) is 41.6 Å². The molecule has 2 aromatic rings. The number of rotatable bonds is 10. The van der Waals surface area contributed by atoms with Crippen LogP contribution in [-0.4, -0.2) is 47.6 Å². The Bertz CT molecular complexity index is 989. The number of carbonyl (C=O) groups is 1. The SMILES string of the molecule is CCOc1cccc(-c2cnc(OC3(C(=O)O)CCOCC3)cc2COC2CC2)c1C(F)F. The van der Waals surface area contributed by atoms with Crippen LogP contribution in [0.3, 0.4) is 0 Å². The van der Waals surface area contributed by atoms with E-state index in [0.29, 0.717) is 16.7 Å². The van der Waals surface area contributed by atoms with Crippen molar-refractivity contribution in [1.29, 1.82) is 0 Å². The van der Waals surface area contributed by atoms with Crippen LogP contribution >= 0.6 is 0 Å². The quantitative estimate of drug-likeness (QED) is 0.543. The van der Waals surface area contributed by atoms with Crippen LogP contribution in [0.5, 0.6) is 11.6 Å². The normalized spacial score (nSPS) is 17.7. The maximum Gasteiger partial charge on any atom is 0.348 e. The van der Waals surface area contributed by atoms with Gasteiger partial charge in [0.2, 0.25) is 11.5 Å². The molecule has 33 heavy (non-hydrogen) atoms. The zero-order valence-corrected chi connectivity index (χ0v) is 18.4. The predicted molar refractivity (Wildman–Crippen MR) is 115 cm³/mol. The zero-order valence-electron chi connectivity index (χ0n) is 18.4. The molecule has 1 aliphatic heterocycles. The number of hydrogen-bond acceptors (Lipinski definition) is 6. The number of carboxylic acid groups (broad SMARTS) is 1. The van der Waals surface area contributed by atoms with Crippen LogP contribution in [0.2, 0.25) is 0 Å². The number of halogens is 2. The molecule has 1 saturated carbocycles. The van der Waals surface area contributed by atoms with Crippen LogP contribution in [0.25, 0.3) is 11.1 Å². The van der Waals surface area contributed by atoms with Crippen LogP contribution < -0.4 is 9.47 Å². The number of alkyl halides is 2. The van der Waals surface area contributed by atoms with Gasteiger partial charge >= 0.3 is 5.97 Å². The fraction of sp³-hybridized carbons (Fsp3) is 0.500. The summed E-state index contributed by atoms with van der Waals surface area (Å²) in [5.74, 6) is -0.861. The first-order valence-corrected chi connectivity index (χ1v) is 11.1. The fourth-order valence-corrected chi connectivity index (χ4v) is 3.88.